The van der Waals surface area contributed by atoms with Crippen molar-refractivity contribution in [1.29, 1.82) is 0 Å². The van der Waals surface area contributed by atoms with E-state index >= 15 is 0 Å². The standard InChI is InChI=1S/C25H21IN2O4/c1-2-30-22-11-12-23-19(13-22)14-24(32-23)25(29)28-27-15-17-5-9-21(10-6-17)31-16-18-3-7-20(26)8-4-18/h3-15H,2,16H2,1H3,(H,28,29)/b27-15+. The Morgan fingerprint density at radius 1 is 1.00 bits per heavy atom. The van der Waals surface area contributed by atoms with Gasteiger partial charge in [0.05, 0.1) is 12.8 Å². The van der Waals surface area contributed by atoms with E-state index in [1.54, 1.807) is 18.3 Å². The molecule has 162 valence electrons. The number of carbonyl (C=O) groups excluding carboxylic acids is 1. The van der Waals surface area contributed by atoms with Crippen LogP contribution in [-0.4, -0.2) is 18.7 Å². The summed E-state index contributed by atoms with van der Waals surface area (Å²) in [4.78, 5) is 12.3. The lowest BCUT2D eigenvalue weighted by atomic mass is 10.2. The van der Waals surface area contributed by atoms with Gasteiger partial charge in [-0.25, -0.2) is 5.43 Å². The maximum absolute atomic E-state index is 12.3. The molecule has 7 heteroatoms. The van der Waals surface area contributed by atoms with Crippen molar-refractivity contribution in [3.8, 4) is 11.5 Å². The topological polar surface area (TPSA) is 73.1 Å². The van der Waals surface area contributed by atoms with E-state index in [4.69, 9.17) is 13.9 Å². The minimum Gasteiger partial charge on any atom is -0.494 e. The van der Waals surface area contributed by atoms with Crippen molar-refractivity contribution in [2.24, 2.45) is 5.10 Å². The maximum atomic E-state index is 12.3. The molecular formula is C25H21IN2O4. The minimum atomic E-state index is -0.423. The average Bonchev–Trinajstić information content (AvgIpc) is 3.23. The highest BCUT2D eigenvalue weighted by molar-refractivity contribution is 14.1. The first-order valence-corrected chi connectivity index (χ1v) is 11.2. The van der Waals surface area contributed by atoms with Gasteiger partial charge < -0.3 is 13.9 Å². The summed E-state index contributed by atoms with van der Waals surface area (Å²) < 4.78 is 18.1. The van der Waals surface area contributed by atoms with Gasteiger partial charge >= 0.3 is 5.91 Å². The summed E-state index contributed by atoms with van der Waals surface area (Å²) in [7, 11) is 0. The Morgan fingerprint density at radius 2 is 1.75 bits per heavy atom. The molecular weight excluding hydrogens is 519 g/mol. The Morgan fingerprint density at radius 3 is 2.50 bits per heavy atom. The largest absolute Gasteiger partial charge is 0.494 e. The molecule has 0 radical (unpaired) electrons. The minimum absolute atomic E-state index is 0.185. The summed E-state index contributed by atoms with van der Waals surface area (Å²) >= 11 is 2.28. The molecule has 1 amide bonds. The van der Waals surface area contributed by atoms with Crippen molar-refractivity contribution in [3.05, 3.63) is 93.3 Å². The van der Waals surface area contributed by atoms with Crippen molar-refractivity contribution < 1.29 is 18.7 Å². The summed E-state index contributed by atoms with van der Waals surface area (Å²) in [5.41, 5.74) is 5.04. The molecule has 3 aromatic carbocycles. The second kappa shape index (κ2) is 10.3. The fraction of sp³-hybridized carbons (Fsp3) is 0.120. The van der Waals surface area contributed by atoms with Gasteiger partial charge in [-0.3, -0.25) is 4.79 Å². The molecule has 1 aromatic heterocycles. The quantitative estimate of drug-likeness (QED) is 0.175. The molecule has 0 saturated heterocycles. The Hall–Kier alpha value is -3.33. The first-order valence-electron chi connectivity index (χ1n) is 10.1. The molecule has 0 spiro atoms. The van der Waals surface area contributed by atoms with Crippen molar-refractivity contribution in [3.63, 3.8) is 0 Å². The van der Waals surface area contributed by atoms with Crippen molar-refractivity contribution in [1.82, 2.24) is 5.43 Å². The number of benzene rings is 3. The number of carbonyl (C=O) groups is 1. The smallest absolute Gasteiger partial charge is 0.307 e. The predicted molar refractivity (Wildman–Crippen MR) is 132 cm³/mol. The highest BCUT2D eigenvalue weighted by atomic mass is 127. The van der Waals surface area contributed by atoms with Crippen LogP contribution in [0.15, 0.2) is 82.3 Å². The summed E-state index contributed by atoms with van der Waals surface area (Å²) in [6, 6.07) is 22.8. The van der Waals surface area contributed by atoms with E-state index in [1.165, 1.54) is 3.57 Å². The Balaban J connectivity index is 1.31. The van der Waals surface area contributed by atoms with E-state index in [0.29, 0.717) is 18.8 Å². The highest BCUT2D eigenvalue weighted by Gasteiger charge is 2.12. The zero-order valence-corrected chi connectivity index (χ0v) is 19.5. The number of hydrogen-bond donors (Lipinski definition) is 1. The first kappa shape index (κ1) is 21.9. The number of hydrazone groups is 1. The van der Waals surface area contributed by atoms with Gasteiger partial charge in [-0.1, -0.05) is 12.1 Å². The van der Waals surface area contributed by atoms with Crippen LogP contribution in [0.25, 0.3) is 11.0 Å². The monoisotopic (exact) mass is 540 g/mol. The second-order valence-electron chi connectivity index (χ2n) is 6.93. The Bertz CT molecular complexity index is 1230. The lowest BCUT2D eigenvalue weighted by Gasteiger charge is -2.06. The summed E-state index contributed by atoms with van der Waals surface area (Å²) in [5, 5.41) is 4.81. The molecule has 0 atom stereocenters. The van der Waals surface area contributed by atoms with Crippen molar-refractivity contribution in [2.75, 3.05) is 6.61 Å². The van der Waals surface area contributed by atoms with Gasteiger partial charge in [0.1, 0.15) is 23.7 Å². The average molecular weight is 540 g/mol. The summed E-state index contributed by atoms with van der Waals surface area (Å²) in [6.45, 7) is 3.00. The zero-order valence-electron chi connectivity index (χ0n) is 17.4. The molecule has 32 heavy (non-hydrogen) atoms. The molecule has 1 N–H and O–H groups in total. The number of hydrogen-bond acceptors (Lipinski definition) is 5. The first-order chi connectivity index (χ1) is 15.6. The van der Waals surface area contributed by atoms with E-state index < -0.39 is 5.91 Å². The van der Waals surface area contributed by atoms with Crippen LogP contribution in [0.3, 0.4) is 0 Å². The van der Waals surface area contributed by atoms with Gasteiger partial charge in [0, 0.05) is 8.96 Å². The van der Waals surface area contributed by atoms with Crippen molar-refractivity contribution in [2.45, 2.75) is 13.5 Å². The number of fused-ring (bicyclic) bond motifs is 1. The van der Waals surface area contributed by atoms with Crippen LogP contribution in [0, 0.1) is 3.57 Å². The van der Waals surface area contributed by atoms with Crippen LogP contribution >= 0.6 is 22.6 Å². The lowest BCUT2D eigenvalue weighted by molar-refractivity contribution is 0.0929. The van der Waals surface area contributed by atoms with Crippen LogP contribution in [0.5, 0.6) is 11.5 Å². The van der Waals surface area contributed by atoms with Gasteiger partial charge in [0.15, 0.2) is 5.76 Å². The Kier molecular flexibility index (Phi) is 7.06. The van der Waals surface area contributed by atoms with Crippen LogP contribution in [0.1, 0.15) is 28.6 Å². The summed E-state index contributed by atoms with van der Waals surface area (Å²) in [5.74, 6) is 1.26. The normalized spacial score (nSPS) is 11.1. The molecule has 0 fully saturated rings. The number of nitrogens with one attached hydrogen (secondary N) is 1. The molecule has 0 aliphatic rings. The maximum Gasteiger partial charge on any atom is 0.307 e. The third-order valence-corrected chi connectivity index (χ3v) is 5.32. The predicted octanol–water partition coefficient (Wildman–Crippen LogP) is 5.78. The van der Waals surface area contributed by atoms with Gasteiger partial charge in [-0.05, 0) is 101 Å². The second-order valence-corrected chi connectivity index (χ2v) is 8.17. The molecule has 0 aliphatic heterocycles. The van der Waals surface area contributed by atoms with Crippen LogP contribution in [0.4, 0.5) is 0 Å². The molecule has 0 unspecified atom stereocenters. The van der Waals surface area contributed by atoms with E-state index in [0.717, 1.165) is 28.0 Å². The van der Waals surface area contributed by atoms with Gasteiger partial charge in [0.2, 0.25) is 0 Å². The van der Waals surface area contributed by atoms with E-state index in [2.05, 4.69) is 45.3 Å². The molecule has 1 heterocycles. The van der Waals surface area contributed by atoms with E-state index in [9.17, 15) is 4.79 Å². The van der Waals surface area contributed by atoms with Crippen LogP contribution < -0.4 is 14.9 Å². The number of ether oxygens (including phenoxy) is 2. The molecule has 0 saturated carbocycles. The zero-order chi connectivity index (χ0) is 22.3. The highest BCUT2D eigenvalue weighted by Crippen LogP contribution is 2.24. The SMILES string of the molecule is CCOc1ccc2oc(C(=O)N/N=C/c3ccc(OCc4ccc(I)cc4)cc3)cc2c1. The number of rotatable bonds is 8. The Labute approximate surface area is 199 Å². The third-order valence-electron chi connectivity index (χ3n) is 4.60. The van der Waals surface area contributed by atoms with E-state index in [-0.39, 0.29) is 5.76 Å². The van der Waals surface area contributed by atoms with Gasteiger partial charge in [0.25, 0.3) is 0 Å². The fourth-order valence-electron chi connectivity index (χ4n) is 3.01. The fourth-order valence-corrected chi connectivity index (χ4v) is 3.37. The number of amides is 1. The van der Waals surface area contributed by atoms with Crippen molar-refractivity contribution >= 4 is 45.7 Å². The summed E-state index contributed by atoms with van der Waals surface area (Å²) in [6.07, 6.45) is 1.57. The van der Waals surface area contributed by atoms with Crippen LogP contribution in [-0.2, 0) is 6.61 Å². The third kappa shape index (κ3) is 5.67. The lowest BCUT2D eigenvalue weighted by Crippen LogP contribution is -2.16. The van der Waals surface area contributed by atoms with Gasteiger partial charge in [-0.15, -0.1) is 0 Å². The van der Waals surface area contributed by atoms with E-state index in [1.807, 2.05) is 55.5 Å². The molecule has 4 aromatic rings. The van der Waals surface area contributed by atoms with Crippen LogP contribution in [0.2, 0.25) is 0 Å². The molecule has 0 aliphatic carbocycles. The molecule has 0 bridgehead atoms. The number of halogens is 1. The molecule has 4 rings (SSSR count). The molecule has 6 nitrogen and oxygen atoms in total. The van der Waals surface area contributed by atoms with Gasteiger partial charge in [-0.2, -0.15) is 5.10 Å². The number of nitrogens with zero attached hydrogens (tertiary/aromatic N) is 1. The number of furan rings is 1.